The number of hydrogen-bond acceptors (Lipinski definition) is 5. The van der Waals surface area contributed by atoms with E-state index in [9.17, 15) is 9.59 Å². The largest absolute Gasteiger partial charge is 0.493 e. The van der Waals surface area contributed by atoms with E-state index in [1.165, 1.54) is 6.20 Å². The van der Waals surface area contributed by atoms with E-state index in [0.717, 1.165) is 18.6 Å². The number of carbonyl (C=O) groups excluding carboxylic acids is 2. The molecule has 3 rings (SSSR count). The van der Waals surface area contributed by atoms with Gasteiger partial charge in [0.2, 0.25) is 11.8 Å². The van der Waals surface area contributed by atoms with Gasteiger partial charge in [-0.15, -0.1) is 12.4 Å². The molecule has 8 heteroatoms. The Kier molecular flexibility index (Phi) is 8.07. The van der Waals surface area contributed by atoms with Gasteiger partial charge in [0.05, 0.1) is 30.8 Å². The molecular weight excluding hydrogens is 380 g/mol. The topological polar surface area (TPSA) is 97.6 Å². The van der Waals surface area contributed by atoms with Gasteiger partial charge in [0, 0.05) is 13.1 Å². The molecule has 7 nitrogen and oxygen atoms in total. The smallest absolute Gasteiger partial charge is 0.229 e. The first-order chi connectivity index (χ1) is 13.1. The SMILES string of the molecule is Cl.Nc1ccc(NC(=O)C2CCCN(C(=O)CCOc3ccccc3)C2)cn1. The van der Waals surface area contributed by atoms with Crippen LogP contribution in [0.4, 0.5) is 11.5 Å². The van der Waals surface area contributed by atoms with Crippen molar-refractivity contribution in [2.45, 2.75) is 19.3 Å². The summed E-state index contributed by atoms with van der Waals surface area (Å²) < 4.78 is 5.59. The molecule has 0 spiro atoms. The first kappa shape index (κ1) is 21.5. The number of pyridine rings is 1. The fourth-order valence-electron chi connectivity index (χ4n) is 3.07. The summed E-state index contributed by atoms with van der Waals surface area (Å²) >= 11 is 0. The Bertz CT molecular complexity index is 771. The number of para-hydroxylation sites is 1. The van der Waals surface area contributed by atoms with Crippen molar-refractivity contribution in [1.82, 2.24) is 9.88 Å². The molecule has 0 radical (unpaired) electrons. The number of benzene rings is 1. The molecule has 1 unspecified atom stereocenters. The maximum atomic E-state index is 12.5. The van der Waals surface area contributed by atoms with Crippen molar-refractivity contribution in [1.29, 1.82) is 0 Å². The van der Waals surface area contributed by atoms with Gasteiger partial charge in [0.15, 0.2) is 0 Å². The lowest BCUT2D eigenvalue weighted by atomic mass is 9.96. The number of nitrogens with two attached hydrogens (primary N) is 1. The molecule has 0 bridgehead atoms. The summed E-state index contributed by atoms with van der Waals surface area (Å²) in [6, 6.07) is 12.8. The van der Waals surface area contributed by atoms with Crippen molar-refractivity contribution in [3.05, 3.63) is 48.7 Å². The third kappa shape index (κ3) is 6.13. The molecule has 150 valence electrons. The number of anilines is 2. The summed E-state index contributed by atoms with van der Waals surface area (Å²) in [7, 11) is 0. The number of amides is 2. The van der Waals surface area contributed by atoms with Crippen LogP contribution in [0.5, 0.6) is 5.75 Å². The van der Waals surface area contributed by atoms with Crippen molar-refractivity contribution in [3.63, 3.8) is 0 Å². The van der Waals surface area contributed by atoms with Crippen molar-refractivity contribution < 1.29 is 14.3 Å². The molecule has 2 heterocycles. The number of carbonyl (C=O) groups is 2. The first-order valence-electron chi connectivity index (χ1n) is 9.10. The third-order valence-electron chi connectivity index (χ3n) is 4.53. The zero-order valence-corrected chi connectivity index (χ0v) is 16.4. The number of piperidine rings is 1. The van der Waals surface area contributed by atoms with E-state index in [2.05, 4.69) is 10.3 Å². The zero-order valence-electron chi connectivity index (χ0n) is 15.5. The molecule has 1 saturated heterocycles. The van der Waals surface area contributed by atoms with Gasteiger partial charge in [-0.25, -0.2) is 4.98 Å². The molecule has 3 N–H and O–H groups in total. The maximum Gasteiger partial charge on any atom is 0.229 e. The highest BCUT2D eigenvalue weighted by molar-refractivity contribution is 5.93. The second kappa shape index (κ2) is 10.5. The van der Waals surface area contributed by atoms with Crippen LogP contribution in [0.3, 0.4) is 0 Å². The van der Waals surface area contributed by atoms with Crippen LogP contribution in [0.25, 0.3) is 0 Å². The fraction of sp³-hybridized carbons (Fsp3) is 0.350. The predicted molar refractivity (Wildman–Crippen MR) is 110 cm³/mol. The lowest BCUT2D eigenvalue weighted by Gasteiger charge is -2.32. The second-order valence-electron chi connectivity index (χ2n) is 6.55. The molecule has 1 aromatic heterocycles. The molecule has 28 heavy (non-hydrogen) atoms. The van der Waals surface area contributed by atoms with Crippen LogP contribution in [0.1, 0.15) is 19.3 Å². The van der Waals surface area contributed by atoms with Gasteiger partial charge in [0.25, 0.3) is 0 Å². The Morgan fingerprint density at radius 3 is 2.71 bits per heavy atom. The van der Waals surface area contributed by atoms with Crippen LogP contribution < -0.4 is 15.8 Å². The molecule has 0 aliphatic carbocycles. The Labute approximate surface area is 170 Å². The van der Waals surface area contributed by atoms with E-state index in [-0.39, 0.29) is 30.1 Å². The zero-order chi connectivity index (χ0) is 19.1. The van der Waals surface area contributed by atoms with Gasteiger partial charge in [-0.1, -0.05) is 18.2 Å². The van der Waals surface area contributed by atoms with Gasteiger partial charge in [0.1, 0.15) is 11.6 Å². The standard InChI is InChI=1S/C20H24N4O3.ClH/c21-18-9-8-16(13-22-18)23-20(26)15-5-4-11-24(14-15)19(25)10-12-27-17-6-2-1-3-7-17;/h1-3,6-9,13,15H,4-5,10-12,14H2,(H2,21,22)(H,23,26);1H. The average Bonchev–Trinajstić information content (AvgIpc) is 2.70. The second-order valence-corrected chi connectivity index (χ2v) is 6.55. The first-order valence-corrected chi connectivity index (χ1v) is 9.10. The number of nitrogen functional groups attached to an aromatic ring is 1. The summed E-state index contributed by atoms with van der Waals surface area (Å²) in [4.78, 5) is 30.6. The maximum absolute atomic E-state index is 12.5. The van der Waals surface area contributed by atoms with E-state index in [0.29, 0.717) is 37.6 Å². The molecule has 1 fully saturated rings. The van der Waals surface area contributed by atoms with Crippen molar-refractivity contribution in [2.24, 2.45) is 5.92 Å². The van der Waals surface area contributed by atoms with E-state index in [1.807, 2.05) is 30.3 Å². The number of halogens is 1. The highest BCUT2D eigenvalue weighted by atomic mass is 35.5. The Morgan fingerprint density at radius 2 is 2.00 bits per heavy atom. The van der Waals surface area contributed by atoms with Gasteiger partial charge >= 0.3 is 0 Å². The number of ether oxygens (including phenoxy) is 1. The molecule has 0 saturated carbocycles. The minimum absolute atomic E-state index is 0. The minimum Gasteiger partial charge on any atom is -0.493 e. The van der Waals surface area contributed by atoms with Crippen LogP contribution >= 0.6 is 12.4 Å². The summed E-state index contributed by atoms with van der Waals surface area (Å²) in [6.07, 6.45) is 3.40. The highest BCUT2D eigenvalue weighted by Crippen LogP contribution is 2.20. The number of aromatic nitrogens is 1. The van der Waals surface area contributed by atoms with Crippen molar-refractivity contribution in [3.8, 4) is 5.75 Å². The van der Waals surface area contributed by atoms with E-state index in [1.54, 1.807) is 17.0 Å². The molecular formula is C20H25ClN4O3. The van der Waals surface area contributed by atoms with Gasteiger partial charge in [-0.2, -0.15) is 0 Å². The Hall–Kier alpha value is -2.80. The van der Waals surface area contributed by atoms with Crippen molar-refractivity contribution >= 4 is 35.7 Å². The predicted octanol–water partition coefficient (Wildman–Crippen LogP) is 2.73. The number of likely N-dealkylation sites (tertiary alicyclic amines) is 1. The number of hydrogen-bond donors (Lipinski definition) is 2. The molecule has 2 aromatic rings. The van der Waals surface area contributed by atoms with Gasteiger partial charge in [-0.3, -0.25) is 9.59 Å². The summed E-state index contributed by atoms with van der Waals surface area (Å²) in [5.74, 6) is 0.839. The molecule has 2 amide bonds. The van der Waals surface area contributed by atoms with Crippen LogP contribution in [0.15, 0.2) is 48.7 Å². The van der Waals surface area contributed by atoms with E-state index in [4.69, 9.17) is 10.5 Å². The van der Waals surface area contributed by atoms with Gasteiger partial charge < -0.3 is 20.7 Å². The normalized spacial score (nSPS) is 16.0. The van der Waals surface area contributed by atoms with Crippen molar-refractivity contribution in [2.75, 3.05) is 30.7 Å². The highest BCUT2D eigenvalue weighted by Gasteiger charge is 2.28. The Morgan fingerprint density at radius 1 is 1.21 bits per heavy atom. The molecule has 1 aliphatic rings. The molecule has 1 aromatic carbocycles. The quantitative estimate of drug-likeness (QED) is 0.771. The van der Waals surface area contributed by atoms with E-state index >= 15 is 0 Å². The van der Waals surface area contributed by atoms with Crippen LogP contribution in [0.2, 0.25) is 0 Å². The number of nitrogens with zero attached hydrogens (tertiary/aromatic N) is 2. The Balaban J connectivity index is 0.00000280. The summed E-state index contributed by atoms with van der Waals surface area (Å²) in [5.41, 5.74) is 6.16. The van der Waals surface area contributed by atoms with E-state index < -0.39 is 0 Å². The third-order valence-corrected chi connectivity index (χ3v) is 4.53. The fourth-order valence-corrected chi connectivity index (χ4v) is 3.07. The number of rotatable bonds is 6. The minimum atomic E-state index is -0.227. The summed E-state index contributed by atoms with van der Waals surface area (Å²) in [6.45, 7) is 1.43. The summed E-state index contributed by atoms with van der Waals surface area (Å²) in [5, 5.41) is 2.84. The van der Waals surface area contributed by atoms with Crippen LogP contribution in [-0.2, 0) is 9.59 Å². The molecule has 1 aliphatic heterocycles. The monoisotopic (exact) mass is 404 g/mol. The van der Waals surface area contributed by atoms with Gasteiger partial charge in [-0.05, 0) is 37.1 Å². The number of nitrogens with one attached hydrogen (secondary N) is 1. The molecule has 1 atom stereocenters. The van der Waals surface area contributed by atoms with Crippen LogP contribution in [-0.4, -0.2) is 41.4 Å². The lowest BCUT2D eigenvalue weighted by molar-refractivity contribution is -0.135. The average molecular weight is 405 g/mol. The van der Waals surface area contributed by atoms with Crippen LogP contribution in [0, 0.1) is 5.92 Å². The lowest BCUT2D eigenvalue weighted by Crippen LogP contribution is -2.44.